The lowest BCUT2D eigenvalue weighted by molar-refractivity contribution is 0.215. The molecule has 5 heteroatoms. The van der Waals surface area contributed by atoms with Gasteiger partial charge in [-0.1, -0.05) is 5.16 Å². The molecule has 0 saturated heterocycles. The minimum absolute atomic E-state index is 0.185. The van der Waals surface area contributed by atoms with Crippen LogP contribution in [-0.4, -0.2) is 16.7 Å². The molecular formula is C10H11N3O2. The van der Waals surface area contributed by atoms with Crippen LogP contribution in [-0.2, 0) is 0 Å². The van der Waals surface area contributed by atoms with Crippen LogP contribution in [0.15, 0.2) is 28.8 Å². The molecule has 0 unspecified atom stereocenters. The summed E-state index contributed by atoms with van der Waals surface area (Å²) in [5.74, 6) is 0.499. The van der Waals surface area contributed by atoms with Crippen LogP contribution in [0, 0.1) is 0 Å². The van der Waals surface area contributed by atoms with E-state index in [1.807, 2.05) is 19.1 Å². The molecule has 15 heavy (non-hydrogen) atoms. The highest BCUT2D eigenvalue weighted by Gasteiger charge is 2.08. The molecule has 0 saturated carbocycles. The molecule has 1 aromatic heterocycles. The van der Waals surface area contributed by atoms with E-state index in [-0.39, 0.29) is 6.08 Å². The van der Waals surface area contributed by atoms with Gasteiger partial charge in [0, 0.05) is 11.3 Å². The monoisotopic (exact) mass is 205 g/mol. The fourth-order valence-electron chi connectivity index (χ4n) is 1.14. The molecule has 0 aliphatic rings. The Kier molecular flexibility index (Phi) is 2.53. The Labute approximate surface area is 86.9 Å². The number of ether oxygens (including phenoxy) is 1. The summed E-state index contributed by atoms with van der Waals surface area (Å²) in [6, 6.07) is 7.23. The van der Waals surface area contributed by atoms with E-state index in [1.54, 1.807) is 12.1 Å². The van der Waals surface area contributed by atoms with Crippen LogP contribution < -0.4 is 10.5 Å². The zero-order valence-corrected chi connectivity index (χ0v) is 8.30. The van der Waals surface area contributed by atoms with E-state index >= 15 is 0 Å². The molecule has 2 rings (SSSR count). The number of nitrogens with two attached hydrogens (primary N) is 1. The van der Waals surface area contributed by atoms with Crippen LogP contribution in [0.25, 0.3) is 11.4 Å². The van der Waals surface area contributed by atoms with Gasteiger partial charge in [0.2, 0.25) is 5.82 Å². The molecule has 5 nitrogen and oxygen atoms in total. The van der Waals surface area contributed by atoms with Crippen molar-refractivity contribution in [3.05, 3.63) is 24.3 Å². The molecule has 0 radical (unpaired) electrons. The molecular weight excluding hydrogens is 194 g/mol. The van der Waals surface area contributed by atoms with E-state index in [9.17, 15) is 0 Å². The first-order valence-corrected chi connectivity index (χ1v) is 4.62. The predicted octanol–water partition coefficient (Wildman–Crippen LogP) is 1.72. The van der Waals surface area contributed by atoms with Gasteiger partial charge in [-0.05, 0) is 31.2 Å². The highest BCUT2D eigenvalue weighted by Crippen LogP contribution is 2.19. The van der Waals surface area contributed by atoms with Crippen LogP contribution in [0.1, 0.15) is 6.92 Å². The Morgan fingerprint density at radius 1 is 1.33 bits per heavy atom. The van der Waals surface area contributed by atoms with Gasteiger partial charge in [0.25, 0.3) is 0 Å². The van der Waals surface area contributed by atoms with Gasteiger partial charge in [-0.2, -0.15) is 4.98 Å². The van der Waals surface area contributed by atoms with Crippen molar-refractivity contribution in [2.75, 3.05) is 12.3 Å². The van der Waals surface area contributed by atoms with Crippen molar-refractivity contribution in [2.24, 2.45) is 0 Å². The number of aromatic nitrogens is 2. The second-order valence-corrected chi connectivity index (χ2v) is 2.94. The summed E-state index contributed by atoms with van der Waals surface area (Å²) in [5, 5.41) is 3.78. The number of anilines is 1. The van der Waals surface area contributed by atoms with Gasteiger partial charge in [0.05, 0.1) is 6.61 Å². The standard InChI is InChI=1S/C10H11N3O2/c1-2-14-10-12-9(13-15-10)7-3-5-8(11)6-4-7/h3-6H,2,11H2,1H3. The lowest BCUT2D eigenvalue weighted by Crippen LogP contribution is -1.90. The molecule has 1 heterocycles. The first-order valence-electron chi connectivity index (χ1n) is 4.62. The fourth-order valence-corrected chi connectivity index (χ4v) is 1.14. The van der Waals surface area contributed by atoms with Gasteiger partial charge < -0.3 is 10.5 Å². The van der Waals surface area contributed by atoms with Crippen LogP contribution in [0.2, 0.25) is 0 Å². The second-order valence-electron chi connectivity index (χ2n) is 2.94. The summed E-state index contributed by atoms with van der Waals surface area (Å²) in [7, 11) is 0. The van der Waals surface area contributed by atoms with Gasteiger partial charge in [0.1, 0.15) is 0 Å². The Morgan fingerprint density at radius 3 is 2.73 bits per heavy atom. The number of hydrogen-bond donors (Lipinski definition) is 1. The largest absolute Gasteiger partial charge is 0.449 e. The fraction of sp³-hybridized carbons (Fsp3) is 0.200. The molecule has 0 spiro atoms. The number of benzene rings is 1. The number of hydrogen-bond acceptors (Lipinski definition) is 5. The van der Waals surface area contributed by atoms with Crippen molar-refractivity contribution < 1.29 is 9.26 Å². The lowest BCUT2D eigenvalue weighted by atomic mass is 10.2. The van der Waals surface area contributed by atoms with Crippen LogP contribution in [0.5, 0.6) is 6.08 Å². The molecule has 2 N–H and O–H groups in total. The molecule has 0 bridgehead atoms. The van der Waals surface area contributed by atoms with Crippen LogP contribution in [0.4, 0.5) is 5.69 Å². The number of nitrogens with zero attached hydrogens (tertiary/aromatic N) is 2. The van der Waals surface area contributed by atoms with Crippen molar-refractivity contribution in [1.29, 1.82) is 0 Å². The van der Waals surface area contributed by atoms with Crippen molar-refractivity contribution in [1.82, 2.24) is 10.1 Å². The quantitative estimate of drug-likeness (QED) is 0.772. The molecule has 0 fully saturated rings. The van der Waals surface area contributed by atoms with E-state index in [1.165, 1.54) is 0 Å². The molecule has 0 aliphatic carbocycles. The van der Waals surface area contributed by atoms with Gasteiger partial charge in [-0.15, -0.1) is 0 Å². The van der Waals surface area contributed by atoms with Gasteiger partial charge in [-0.3, -0.25) is 4.52 Å². The van der Waals surface area contributed by atoms with Gasteiger partial charge in [0.15, 0.2) is 0 Å². The molecule has 0 atom stereocenters. The molecule has 78 valence electrons. The molecule has 2 aromatic rings. The highest BCUT2D eigenvalue weighted by molar-refractivity contribution is 5.58. The summed E-state index contributed by atoms with van der Waals surface area (Å²) < 4.78 is 9.94. The van der Waals surface area contributed by atoms with E-state index in [4.69, 9.17) is 15.0 Å². The summed E-state index contributed by atoms with van der Waals surface area (Å²) in [6.45, 7) is 2.36. The topological polar surface area (TPSA) is 74.2 Å². The first kappa shape index (κ1) is 9.51. The third-order valence-electron chi connectivity index (χ3n) is 1.84. The predicted molar refractivity (Wildman–Crippen MR) is 55.3 cm³/mol. The van der Waals surface area contributed by atoms with Crippen molar-refractivity contribution >= 4 is 5.69 Å². The lowest BCUT2D eigenvalue weighted by Gasteiger charge is -1.94. The molecule has 1 aromatic carbocycles. The van der Waals surface area contributed by atoms with Gasteiger partial charge >= 0.3 is 6.08 Å². The van der Waals surface area contributed by atoms with Crippen molar-refractivity contribution in [3.8, 4) is 17.5 Å². The van der Waals surface area contributed by atoms with E-state index in [0.29, 0.717) is 18.1 Å². The Bertz CT molecular complexity index is 436. The number of nitrogen functional groups attached to an aromatic ring is 1. The minimum atomic E-state index is 0.185. The minimum Gasteiger partial charge on any atom is -0.449 e. The average molecular weight is 205 g/mol. The Hall–Kier alpha value is -2.04. The van der Waals surface area contributed by atoms with Crippen molar-refractivity contribution in [2.45, 2.75) is 6.92 Å². The third kappa shape index (κ3) is 2.07. The number of rotatable bonds is 3. The maximum Gasteiger partial charge on any atom is 0.417 e. The summed E-state index contributed by atoms with van der Waals surface area (Å²) in [4.78, 5) is 4.06. The average Bonchev–Trinajstić information content (AvgIpc) is 2.68. The zero-order chi connectivity index (χ0) is 10.7. The maximum atomic E-state index is 5.57. The highest BCUT2D eigenvalue weighted by atomic mass is 16.6. The smallest absolute Gasteiger partial charge is 0.417 e. The molecule has 0 amide bonds. The normalized spacial score (nSPS) is 10.2. The molecule has 0 aliphatic heterocycles. The van der Waals surface area contributed by atoms with Crippen LogP contribution >= 0.6 is 0 Å². The van der Waals surface area contributed by atoms with E-state index in [2.05, 4.69) is 10.1 Å². The maximum absolute atomic E-state index is 5.57. The van der Waals surface area contributed by atoms with Crippen LogP contribution in [0.3, 0.4) is 0 Å². The Balaban J connectivity index is 2.25. The zero-order valence-electron chi connectivity index (χ0n) is 8.30. The Morgan fingerprint density at radius 2 is 2.07 bits per heavy atom. The van der Waals surface area contributed by atoms with E-state index in [0.717, 1.165) is 5.56 Å². The summed E-state index contributed by atoms with van der Waals surface area (Å²) in [6.07, 6.45) is 0.185. The van der Waals surface area contributed by atoms with E-state index < -0.39 is 0 Å². The SMILES string of the molecule is CCOc1nc(-c2ccc(N)cc2)no1. The second kappa shape index (κ2) is 4.00. The third-order valence-corrected chi connectivity index (χ3v) is 1.84. The van der Waals surface area contributed by atoms with Crippen molar-refractivity contribution in [3.63, 3.8) is 0 Å². The first-order chi connectivity index (χ1) is 7.29. The summed E-state index contributed by atoms with van der Waals surface area (Å²) in [5.41, 5.74) is 7.12. The summed E-state index contributed by atoms with van der Waals surface area (Å²) >= 11 is 0. The van der Waals surface area contributed by atoms with Gasteiger partial charge in [-0.25, -0.2) is 0 Å².